The standard InChI is InChI=1S/C8H4BrClF5N/c9-4-1-3(8(13,14)15)5(2-10)16-6(4)7(11)12/h1,7H,2H2. The first-order valence-corrected chi connectivity index (χ1v) is 5.20. The summed E-state index contributed by atoms with van der Waals surface area (Å²) in [4.78, 5) is 3.21. The second kappa shape index (κ2) is 4.83. The molecular formula is C8H4BrClF5N. The summed E-state index contributed by atoms with van der Waals surface area (Å²) >= 11 is 7.86. The Labute approximate surface area is 101 Å². The van der Waals surface area contributed by atoms with Crippen molar-refractivity contribution in [3.8, 4) is 0 Å². The van der Waals surface area contributed by atoms with Crippen LogP contribution in [0.4, 0.5) is 22.0 Å². The Morgan fingerprint density at radius 2 is 1.94 bits per heavy atom. The first-order valence-electron chi connectivity index (χ1n) is 3.88. The maximum atomic E-state index is 12.4. The number of pyridine rings is 1. The van der Waals surface area contributed by atoms with Gasteiger partial charge in [0.25, 0.3) is 6.43 Å². The molecule has 0 saturated heterocycles. The van der Waals surface area contributed by atoms with Gasteiger partial charge < -0.3 is 0 Å². The quantitative estimate of drug-likeness (QED) is 0.575. The van der Waals surface area contributed by atoms with E-state index in [2.05, 4.69) is 20.9 Å². The topological polar surface area (TPSA) is 12.9 Å². The molecular weight excluding hydrogens is 320 g/mol. The normalized spacial score (nSPS) is 12.2. The zero-order chi connectivity index (χ0) is 12.5. The predicted octanol–water partition coefficient (Wildman–Crippen LogP) is 4.54. The van der Waals surface area contributed by atoms with Crippen molar-refractivity contribution in [1.29, 1.82) is 0 Å². The number of hydrogen-bond donors (Lipinski definition) is 0. The Morgan fingerprint density at radius 3 is 2.31 bits per heavy atom. The zero-order valence-electron chi connectivity index (χ0n) is 7.45. The van der Waals surface area contributed by atoms with E-state index in [0.717, 1.165) is 0 Å². The molecule has 0 spiro atoms. The monoisotopic (exact) mass is 323 g/mol. The lowest BCUT2D eigenvalue weighted by Gasteiger charge is -2.13. The van der Waals surface area contributed by atoms with E-state index < -0.39 is 35.4 Å². The van der Waals surface area contributed by atoms with Gasteiger partial charge in [0.15, 0.2) is 0 Å². The molecule has 0 amide bonds. The van der Waals surface area contributed by atoms with Crippen LogP contribution in [0, 0.1) is 0 Å². The first kappa shape index (κ1) is 13.6. The summed E-state index contributed by atoms with van der Waals surface area (Å²) in [6.07, 6.45) is -7.63. The van der Waals surface area contributed by atoms with Gasteiger partial charge in [0.1, 0.15) is 5.69 Å². The van der Waals surface area contributed by atoms with Gasteiger partial charge in [0, 0.05) is 4.47 Å². The Morgan fingerprint density at radius 1 is 1.38 bits per heavy atom. The molecule has 1 aromatic heterocycles. The molecule has 16 heavy (non-hydrogen) atoms. The van der Waals surface area contributed by atoms with Crippen LogP contribution < -0.4 is 0 Å². The van der Waals surface area contributed by atoms with Crippen molar-refractivity contribution in [3.63, 3.8) is 0 Å². The van der Waals surface area contributed by atoms with Gasteiger partial charge in [-0.3, -0.25) is 0 Å². The Balaban J connectivity index is 3.38. The molecule has 0 aliphatic heterocycles. The second-order valence-electron chi connectivity index (χ2n) is 2.78. The molecule has 0 saturated carbocycles. The van der Waals surface area contributed by atoms with E-state index in [1.165, 1.54) is 0 Å². The summed E-state index contributed by atoms with van der Waals surface area (Å²) in [6, 6.07) is 0.562. The predicted molar refractivity (Wildman–Crippen MR) is 51.5 cm³/mol. The van der Waals surface area contributed by atoms with E-state index in [1.807, 2.05) is 0 Å². The van der Waals surface area contributed by atoms with Gasteiger partial charge in [-0.1, -0.05) is 0 Å². The highest BCUT2D eigenvalue weighted by Gasteiger charge is 2.35. The highest BCUT2D eigenvalue weighted by atomic mass is 79.9. The summed E-state index contributed by atoms with van der Waals surface area (Å²) in [6.45, 7) is 0. The molecule has 0 radical (unpaired) electrons. The fraction of sp³-hybridized carbons (Fsp3) is 0.375. The third kappa shape index (κ3) is 2.82. The molecule has 0 aliphatic carbocycles. The number of aromatic nitrogens is 1. The summed E-state index contributed by atoms with van der Waals surface area (Å²) in [5, 5.41) is 0. The maximum absolute atomic E-state index is 12.4. The minimum Gasteiger partial charge on any atom is -0.249 e. The van der Waals surface area contributed by atoms with Crippen molar-refractivity contribution in [2.24, 2.45) is 0 Å². The summed E-state index contributed by atoms with van der Waals surface area (Å²) < 4.78 is 61.6. The molecule has 0 aliphatic rings. The van der Waals surface area contributed by atoms with Crippen molar-refractivity contribution < 1.29 is 22.0 Å². The number of rotatable bonds is 2. The largest absolute Gasteiger partial charge is 0.418 e. The summed E-state index contributed by atoms with van der Waals surface area (Å²) in [5.74, 6) is -0.582. The molecule has 1 rings (SSSR count). The van der Waals surface area contributed by atoms with Crippen molar-refractivity contribution in [3.05, 3.63) is 27.5 Å². The van der Waals surface area contributed by atoms with Crippen molar-refractivity contribution >= 4 is 27.5 Å². The molecule has 0 fully saturated rings. The number of halogens is 7. The minimum atomic E-state index is -4.67. The fourth-order valence-corrected chi connectivity index (χ4v) is 1.74. The van der Waals surface area contributed by atoms with Crippen LogP contribution in [-0.2, 0) is 12.1 Å². The lowest BCUT2D eigenvalue weighted by atomic mass is 10.2. The average molecular weight is 324 g/mol. The van der Waals surface area contributed by atoms with Gasteiger partial charge >= 0.3 is 6.18 Å². The van der Waals surface area contributed by atoms with Gasteiger partial charge in [0.05, 0.1) is 17.1 Å². The second-order valence-corrected chi connectivity index (χ2v) is 3.90. The van der Waals surface area contributed by atoms with Crippen LogP contribution in [0.15, 0.2) is 10.5 Å². The Kier molecular flexibility index (Phi) is 4.12. The average Bonchev–Trinajstić information content (AvgIpc) is 2.15. The van der Waals surface area contributed by atoms with E-state index in [4.69, 9.17) is 11.6 Å². The molecule has 90 valence electrons. The third-order valence-corrected chi connectivity index (χ3v) is 2.61. The SMILES string of the molecule is FC(F)c1nc(CCl)c(C(F)(F)F)cc1Br. The molecule has 0 unspecified atom stereocenters. The lowest BCUT2D eigenvalue weighted by molar-refractivity contribution is -0.138. The summed E-state index contributed by atoms with van der Waals surface area (Å²) in [5.41, 5.74) is -2.46. The van der Waals surface area contributed by atoms with E-state index in [0.29, 0.717) is 6.07 Å². The first-order chi connectivity index (χ1) is 7.27. The van der Waals surface area contributed by atoms with Crippen LogP contribution in [0.3, 0.4) is 0 Å². The van der Waals surface area contributed by atoms with Gasteiger partial charge in [-0.15, -0.1) is 11.6 Å². The molecule has 8 heteroatoms. The van der Waals surface area contributed by atoms with Gasteiger partial charge in [0.2, 0.25) is 0 Å². The molecule has 1 aromatic rings. The van der Waals surface area contributed by atoms with Crippen LogP contribution in [-0.4, -0.2) is 4.98 Å². The van der Waals surface area contributed by atoms with Gasteiger partial charge in [-0.05, 0) is 22.0 Å². The van der Waals surface area contributed by atoms with E-state index in [9.17, 15) is 22.0 Å². The molecule has 0 bridgehead atoms. The van der Waals surface area contributed by atoms with Crippen molar-refractivity contribution in [1.82, 2.24) is 4.98 Å². The summed E-state index contributed by atoms with van der Waals surface area (Å²) in [7, 11) is 0. The zero-order valence-corrected chi connectivity index (χ0v) is 9.80. The molecule has 0 aromatic carbocycles. The lowest BCUT2D eigenvalue weighted by Crippen LogP contribution is -2.12. The fourth-order valence-electron chi connectivity index (χ4n) is 1.04. The van der Waals surface area contributed by atoms with Crippen LogP contribution in [0.1, 0.15) is 23.4 Å². The van der Waals surface area contributed by atoms with Crippen molar-refractivity contribution in [2.75, 3.05) is 0 Å². The van der Waals surface area contributed by atoms with Crippen LogP contribution >= 0.6 is 27.5 Å². The molecule has 1 heterocycles. The maximum Gasteiger partial charge on any atom is 0.418 e. The van der Waals surface area contributed by atoms with Crippen molar-refractivity contribution in [2.45, 2.75) is 18.5 Å². The van der Waals surface area contributed by atoms with Crippen LogP contribution in [0.2, 0.25) is 0 Å². The molecule has 0 N–H and O–H groups in total. The highest BCUT2D eigenvalue weighted by Crippen LogP contribution is 2.36. The molecule has 1 nitrogen and oxygen atoms in total. The number of nitrogens with zero attached hydrogens (tertiary/aromatic N) is 1. The molecule has 0 atom stereocenters. The minimum absolute atomic E-state index is 0.385. The van der Waals surface area contributed by atoms with E-state index in [1.54, 1.807) is 0 Å². The third-order valence-electron chi connectivity index (χ3n) is 1.72. The van der Waals surface area contributed by atoms with Gasteiger partial charge in [-0.2, -0.15) is 13.2 Å². The van der Waals surface area contributed by atoms with E-state index in [-0.39, 0.29) is 4.47 Å². The van der Waals surface area contributed by atoms with Crippen LogP contribution in [0.25, 0.3) is 0 Å². The smallest absolute Gasteiger partial charge is 0.249 e. The van der Waals surface area contributed by atoms with E-state index >= 15 is 0 Å². The van der Waals surface area contributed by atoms with Gasteiger partial charge in [-0.25, -0.2) is 13.8 Å². The number of alkyl halides is 6. The Bertz CT molecular complexity index is 393. The number of hydrogen-bond acceptors (Lipinski definition) is 1. The Hall–Kier alpha value is -0.430. The van der Waals surface area contributed by atoms with Crippen LogP contribution in [0.5, 0.6) is 0 Å². The highest BCUT2D eigenvalue weighted by molar-refractivity contribution is 9.10.